The molecule has 1 heterocycles. The van der Waals surface area contributed by atoms with Crippen molar-refractivity contribution in [1.29, 1.82) is 0 Å². The molecule has 0 aromatic carbocycles. The van der Waals surface area contributed by atoms with E-state index in [4.69, 9.17) is 14.5 Å². The molecular weight excluding hydrogens is 177 g/mol. The van der Waals surface area contributed by atoms with Crippen LogP contribution in [0.15, 0.2) is 5.82 Å². The highest BCUT2D eigenvalue weighted by atomic mass is 31.2. The third-order valence-electron chi connectivity index (χ3n) is 1.49. The standard InChI is InChI=1S/C7H11NO3P/c1-7(2)5-10-12(9,4-3-8)11-6-7/h4H,5-6H2,1-2H3/q-1. The van der Waals surface area contributed by atoms with E-state index in [0.717, 1.165) is 5.82 Å². The van der Waals surface area contributed by atoms with E-state index in [-0.39, 0.29) is 5.41 Å². The summed E-state index contributed by atoms with van der Waals surface area (Å²) in [4.78, 5) is 0. The molecule has 0 aromatic heterocycles. The quantitative estimate of drug-likeness (QED) is 0.467. The molecule has 0 unspecified atom stereocenters. The lowest BCUT2D eigenvalue weighted by molar-refractivity contribution is 0.0459. The van der Waals surface area contributed by atoms with Gasteiger partial charge in [-0.2, -0.15) is 0 Å². The fourth-order valence-electron chi connectivity index (χ4n) is 0.754. The molecule has 0 spiro atoms. The van der Waals surface area contributed by atoms with E-state index in [0.29, 0.717) is 13.2 Å². The largest absolute Gasteiger partial charge is 0.763 e. The normalized spacial score (nSPS) is 25.8. The van der Waals surface area contributed by atoms with Crippen LogP contribution in [-0.2, 0) is 13.6 Å². The lowest BCUT2D eigenvalue weighted by Gasteiger charge is -2.32. The van der Waals surface area contributed by atoms with E-state index < -0.39 is 7.60 Å². The molecule has 5 heteroatoms. The second-order valence-corrected chi connectivity index (χ2v) is 5.36. The Balaban J connectivity index is 2.68. The van der Waals surface area contributed by atoms with Crippen molar-refractivity contribution in [3.8, 4) is 0 Å². The summed E-state index contributed by atoms with van der Waals surface area (Å²) in [5.41, 5.74) is -0.114. The Morgan fingerprint density at radius 2 is 2.00 bits per heavy atom. The van der Waals surface area contributed by atoms with Crippen LogP contribution in [0.2, 0.25) is 0 Å². The SMILES string of the molecule is CC1(C)COP(=O)(C=C=[N-])OC1. The second-order valence-electron chi connectivity index (χ2n) is 3.51. The van der Waals surface area contributed by atoms with Gasteiger partial charge in [0, 0.05) is 11.2 Å². The highest BCUT2D eigenvalue weighted by Gasteiger charge is 2.34. The van der Waals surface area contributed by atoms with Crippen LogP contribution in [0.4, 0.5) is 0 Å². The minimum atomic E-state index is -3.18. The zero-order valence-corrected chi connectivity index (χ0v) is 8.01. The Morgan fingerprint density at radius 3 is 2.42 bits per heavy atom. The predicted molar refractivity (Wildman–Crippen MR) is 46.2 cm³/mol. The smallest absolute Gasteiger partial charge is 0.360 e. The Hall–Kier alpha value is -0.400. The molecule has 1 rings (SSSR count). The Morgan fingerprint density at radius 1 is 1.50 bits per heavy atom. The molecule has 1 fully saturated rings. The summed E-state index contributed by atoms with van der Waals surface area (Å²) in [7, 11) is -3.18. The van der Waals surface area contributed by atoms with Gasteiger partial charge < -0.3 is 14.5 Å². The highest BCUT2D eigenvalue weighted by molar-refractivity contribution is 7.57. The zero-order chi connectivity index (χ0) is 9.24. The molecule has 0 atom stereocenters. The maximum absolute atomic E-state index is 11.4. The van der Waals surface area contributed by atoms with Crippen molar-refractivity contribution in [3.63, 3.8) is 0 Å². The number of rotatable bonds is 1. The number of nitrogens with zero attached hydrogens (tertiary/aromatic N) is 1. The number of hydrogen-bond acceptors (Lipinski definition) is 3. The van der Waals surface area contributed by atoms with Crippen LogP contribution in [0.25, 0.3) is 5.41 Å². The predicted octanol–water partition coefficient (Wildman–Crippen LogP) is 2.01. The summed E-state index contributed by atoms with van der Waals surface area (Å²) in [5, 5.41) is 8.28. The fourth-order valence-corrected chi connectivity index (χ4v) is 2.18. The summed E-state index contributed by atoms with van der Waals surface area (Å²) in [6.07, 6.45) is 0. The monoisotopic (exact) mass is 188 g/mol. The van der Waals surface area contributed by atoms with E-state index in [9.17, 15) is 4.57 Å². The van der Waals surface area contributed by atoms with E-state index in [1.165, 1.54) is 0 Å². The second kappa shape index (κ2) is 3.15. The fraction of sp³-hybridized carbons (Fsp3) is 0.714. The lowest BCUT2D eigenvalue weighted by Crippen LogP contribution is -2.28. The van der Waals surface area contributed by atoms with E-state index in [2.05, 4.69) is 0 Å². The first-order valence-electron chi connectivity index (χ1n) is 3.60. The molecule has 1 saturated heterocycles. The van der Waals surface area contributed by atoms with Crippen LogP contribution in [0.1, 0.15) is 13.8 Å². The zero-order valence-electron chi connectivity index (χ0n) is 7.11. The molecule has 4 nitrogen and oxygen atoms in total. The van der Waals surface area contributed by atoms with Crippen LogP contribution < -0.4 is 0 Å². The molecule has 1 aliphatic rings. The summed E-state index contributed by atoms with van der Waals surface area (Å²) < 4.78 is 21.4. The molecule has 0 amide bonds. The van der Waals surface area contributed by atoms with Crippen LogP contribution in [0.3, 0.4) is 0 Å². The number of hydrogen-bond donors (Lipinski definition) is 0. The van der Waals surface area contributed by atoms with Crippen LogP contribution >= 0.6 is 7.60 Å². The maximum atomic E-state index is 11.4. The van der Waals surface area contributed by atoms with Gasteiger partial charge in [-0.3, -0.25) is 10.4 Å². The van der Waals surface area contributed by atoms with Gasteiger partial charge in [0.25, 0.3) is 0 Å². The van der Waals surface area contributed by atoms with Crippen molar-refractivity contribution < 1.29 is 13.6 Å². The maximum Gasteiger partial charge on any atom is 0.360 e. The van der Waals surface area contributed by atoms with Gasteiger partial charge >= 0.3 is 7.60 Å². The minimum absolute atomic E-state index is 0.114. The lowest BCUT2D eigenvalue weighted by atomic mass is 9.97. The summed E-state index contributed by atoms with van der Waals surface area (Å²) in [6.45, 7) is 4.62. The summed E-state index contributed by atoms with van der Waals surface area (Å²) >= 11 is 0. The van der Waals surface area contributed by atoms with E-state index in [1.54, 1.807) is 5.87 Å². The third kappa shape index (κ3) is 2.29. The van der Waals surface area contributed by atoms with Gasteiger partial charge in [0.05, 0.1) is 13.2 Å². The van der Waals surface area contributed by atoms with Crippen molar-refractivity contribution in [2.24, 2.45) is 5.41 Å². The Bertz CT molecular complexity index is 254. The van der Waals surface area contributed by atoms with Crippen molar-refractivity contribution in [2.75, 3.05) is 13.2 Å². The topological polar surface area (TPSA) is 57.8 Å². The van der Waals surface area contributed by atoms with Crippen LogP contribution in [0, 0.1) is 5.41 Å². The third-order valence-corrected chi connectivity index (χ3v) is 2.90. The first-order valence-corrected chi connectivity index (χ1v) is 5.21. The van der Waals surface area contributed by atoms with Gasteiger partial charge in [-0.1, -0.05) is 13.8 Å². The highest BCUT2D eigenvalue weighted by Crippen LogP contribution is 2.54. The first kappa shape index (κ1) is 9.69. The van der Waals surface area contributed by atoms with E-state index in [1.807, 2.05) is 13.8 Å². The van der Waals surface area contributed by atoms with E-state index >= 15 is 0 Å². The first-order chi connectivity index (χ1) is 5.47. The average Bonchev–Trinajstić information content (AvgIpc) is 1.98. The molecule has 0 aromatic rings. The Kier molecular flexibility index (Phi) is 2.55. The van der Waals surface area contributed by atoms with Crippen LogP contribution in [-0.4, -0.2) is 19.1 Å². The van der Waals surface area contributed by atoms with Gasteiger partial charge in [-0.05, 0) is 0 Å². The molecule has 0 N–H and O–H groups in total. The van der Waals surface area contributed by atoms with Crippen molar-refractivity contribution in [2.45, 2.75) is 13.8 Å². The molecule has 0 radical (unpaired) electrons. The van der Waals surface area contributed by atoms with Crippen molar-refractivity contribution >= 4 is 13.5 Å². The molecule has 0 aliphatic carbocycles. The molecule has 68 valence electrons. The van der Waals surface area contributed by atoms with Crippen molar-refractivity contribution in [1.82, 2.24) is 0 Å². The van der Waals surface area contributed by atoms with Gasteiger partial charge in [-0.25, -0.2) is 0 Å². The summed E-state index contributed by atoms with van der Waals surface area (Å²) in [5.74, 6) is 2.60. The average molecular weight is 188 g/mol. The molecule has 0 saturated carbocycles. The Labute approximate surface area is 71.6 Å². The summed E-state index contributed by atoms with van der Waals surface area (Å²) in [6, 6.07) is 0. The molecule has 1 aliphatic heterocycles. The van der Waals surface area contributed by atoms with Gasteiger partial charge in [0.15, 0.2) is 0 Å². The molecule has 0 bridgehead atoms. The minimum Gasteiger partial charge on any atom is -0.763 e. The van der Waals surface area contributed by atoms with Gasteiger partial charge in [0.2, 0.25) is 0 Å². The van der Waals surface area contributed by atoms with Crippen molar-refractivity contribution in [3.05, 3.63) is 11.2 Å². The van der Waals surface area contributed by atoms with Crippen LogP contribution in [0.5, 0.6) is 0 Å². The molecule has 12 heavy (non-hydrogen) atoms. The van der Waals surface area contributed by atoms with Gasteiger partial charge in [0.1, 0.15) is 0 Å². The van der Waals surface area contributed by atoms with Gasteiger partial charge in [-0.15, -0.1) is 0 Å². The molecular formula is C7H11NO3P-.